The molecule has 0 saturated carbocycles. The molecule has 0 bridgehead atoms. The maximum atomic E-state index is 2.36. The van der Waals surface area contributed by atoms with E-state index in [0.717, 1.165) is 11.8 Å². The molecule has 0 amide bonds. The molecule has 0 heterocycles. The van der Waals surface area contributed by atoms with Crippen LogP contribution in [0.2, 0.25) is 0 Å². The first kappa shape index (κ1) is 15.3. The average Bonchev–Trinajstić information content (AvgIpc) is 2.90. The van der Waals surface area contributed by atoms with Crippen molar-refractivity contribution >= 4 is 0 Å². The number of hydrogen-bond acceptors (Lipinski definition) is 0. The largest absolute Gasteiger partial charge is 0.0625 e. The van der Waals surface area contributed by atoms with E-state index in [9.17, 15) is 0 Å². The van der Waals surface area contributed by atoms with Gasteiger partial charge in [0.15, 0.2) is 0 Å². The zero-order chi connectivity index (χ0) is 15.9. The van der Waals surface area contributed by atoms with E-state index in [1.165, 1.54) is 29.5 Å². The molecule has 22 heavy (non-hydrogen) atoms. The lowest BCUT2D eigenvalue weighted by molar-refractivity contribution is 0.404. The molecule has 1 atom stereocenters. The zero-order valence-corrected chi connectivity index (χ0v) is 14.6. The lowest BCUT2D eigenvalue weighted by Crippen LogP contribution is -2.10. The van der Waals surface area contributed by atoms with Crippen LogP contribution in [0.5, 0.6) is 0 Å². The van der Waals surface area contributed by atoms with Crippen LogP contribution in [0.15, 0.2) is 42.5 Å². The Hall–Kier alpha value is -1.56. The van der Waals surface area contributed by atoms with Gasteiger partial charge in [0.1, 0.15) is 0 Å². The van der Waals surface area contributed by atoms with Crippen molar-refractivity contribution in [2.45, 2.75) is 52.9 Å². The van der Waals surface area contributed by atoms with Crippen molar-refractivity contribution in [3.05, 3.63) is 59.2 Å². The Kier molecular flexibility index (Phi) is 3.89. The van der Waals surface area contributed by atoms with Gasteiger partial charge in [-0.1, -0.05) is 77.1 Å². The monoisotopic (exact) mass is 292 g/mol. The lowest BCUT2D eigenvalue weighted by Gasteiger charge is -2.19. The molecular weight excluding hydrogens is 264 g/mol. The number of fused-ring (bicyclic) bond motifs is 1. The lowest BCUT2D eigenvalue weighted by atomic mass is 9.85. The standard InChI is InChI=1S/C22H28/c1-15(2)18-13-17-7-6-8-20(21(17)14-18)16-9-11-19(12-10-16)22(3,4)5/h6-12,15,18H,13-14H2,1-5H3. The van der Waals surface area contributed by atoms with Crippen LogP contribution in [0.3, 0.4) is 0 Å². The molecule has 0 aromatic heterocycles. The molecular formula is C22H28. The summed E-state index contributed by atoms with van der Waals surface area (Å²) >= 11 is 0. The summed E-state index contributed by atoms with van der Waals surface area (Å²) in [5, 5.41) is 0. The molecule has 1 aliphatic carbocycles. The summed E-state index contributed by atoms with van der Waals surface area (Å²) in [7, 11) is 0. The normalized spacial score (nSPS) is 17.8. The van der Waals surface area contributed by atoms with Crippen LogP contribution in [-0.4, -0.2) is 0 Å². The molecule has 0 nitrogen and oxygen atoms in total. The molecule has 0 saturated heterocycles. The van der Waals surface area contributed by atoms with E-state index in [1.54, 1.807) is 11.1 Å². The summed E-state index contributed by atoms with van der Waals surface area (Å²) in [4.78, 5) is 0. The van der Waals surface area contributed by atoms with Gasteiger partial charge in [-0.25, -0.2) is 0 Å². The fourth-order valence-corrected chi connectivity index (χ4v) is 3.58. The van der Waals surface area contributed by atoms with Gasteiger partial charge < -0.3 is 0 Å². The smallest absolute Gasteiger partial charge is 0.0132 e. The number of rotatable bonds is 2. The third-order valence-electron chi connectivity index (χ3n) is 5.23. The van der Waals surface area contributed by atoms with Crippen molar-refractivity contribution in [3.8, 4) is 11.1 Å². The Morgan fingerprint density at radius 1 is 0.909 bits per heavy atom. The summed E-state index contributed by atoms with van der Waals surface area (Å²) in [6.45, 7) is 11.5. The van der Waals surface area contributed by atoms with Gasteiger partial charge in [-0.05, 0) is 57.9 Å². The van der Waals surface area contributed by atoms with Crippen molar-refractivity contribution < 1.29 is 0 Å². The number of hydrogen-bond donors (Lipinski definition) is 0. The van der Waals surface area contributed by atoms with Crippen LogP contribution in [0.25, 0.3) is 11.1 Å². The number of benzene rings is 2. The van der Waals surface area contributed by atoms with Gasteiger partial charge in [-0.3, -0.25) is 0 Å². The minimum Gasteiger partial charge on any atom is -0.0625 e. The van der Waals surface area contributed by atoms with Crippen LogP contribution in [-0.2, 0) is 18.3 Å². The second kappa shape index (κ2) is 5.57. The third kappa shape index (κ3) is 2.84. The van der Waals surface area contributed by atoms with E-state index < -0.39 is 0 Å². The summed E-state index contributed by atoms with van der Waals surface area (Å²) in [6.07, 6.45) is 2.49. The van der Waals surface area contributed by atoms with Gasteiger partial charge in [0.25, 0.3) is 0 Å². The quantitative estimate of drug-likeness (QED) is 0.634. The van der Waals surface area contributed by atoms with E-state index in [-0.39, 0.29) is 5.41 Å². The van der Waals surface area contributed by atoms with E-state index in [1.807, 2.05) is 0 Å². The Balaban J connectivity index is 1.96. The second-order valence-corrected chi connectivity index (χ2v) is 8.18. The summed E-state index contributed by atoms with van der Waals surface area (Å²) in [5.74, 6) is 1.58. The minimum atomic E-state index is 0.222. The van der Waals surface area contributed by atoms with Gasteiger partial charge in [0.2, 0.25) is 0 Å². The third-order valence-corrected chi connectivity index (χ3v) is 5.23. The molecule has 0 N–H and O–H groups in total. The highest BCUT2D eigenvalue weighted by Gasteiger charge is 2.26. The SMILES string of the molecule is CC(C)C1Cc2cccc(-c3ccc(C(C)(C)C)cc3)c2C1. The maximum absolute atomic E-state index is 2.36. The Morgan fingerprint density at radius 2 is 1.59 bits per heavy atom. The van der Waals surface area contributed by atoms with Crippen molar-refractivity contribution in [1.82, 2.24) is 0 Å². The molecule has 0 radical (unpaired) electrons. The van der Waals surface area contributed by atoms with Crippen molar-refractivity contribution in [1.29, 1.82) is 0 Å². The fraction of sp³-hybridized carbons (Fsp3) is 0.455. The minimum absolute atomic E-state index is 0.222. The zero-order valence-electron chi connectivity index (χ0n) is 14.6. The molecule has 0 heteroatoms. The summed E-state index contributed by atoms with van der Waals surface area (Å²) in [6, 6.07) is 16.1. The highest BCUT2D eigenvalue weighted by molar-refractivity contribution is 5.70. The van der Waals surface area contributed by atoms with E-state index in [4.69, 9.17) is 0 Å². The topological polar surface area (TPSA) is 0 Å². The summed E-state index contributed by atoms with van der Waals surface area (Å²) < 4.78 is 0. The maximum Gasteiger partial charge on any atom is -0.0132 e. The van der Waals surface area contributed by atoms with Gasteiger partial charge in [0.05, 0.1) is 0 Å². The van der Waals surface area contributed by atoms with Crippen LogP contribution in [0.4, 0.5) is 0 Å². The molecule has 2 aromatic carbocycles. The molecule has 0 aliphatic heterocycles. The van der Waals surface area contributed by atoms with Crippen LogP contribution < -0.4 is 0 Å². The van der Waals surface area contributed by atoms with Gasteiger partial charge in [-0.2, -0.15) is 0 Å². The molecule has 1 aliphatic rings. The first-order valence-corrected chi connectivity index (χ1v) is 8.58. The predicted octanol–water partition coefficient (Wildman–Crippen LogP) is 6.02. The first-order valence-electron chi connectivity index (χ1n) is 8.58. The van der Waals surface area contributed by atoms with Crippen molar-refractivity contribution in [2.75, 3.05) is 0 Å². The Labute approximate surface area is 135 Å². The summed E-state index contributed by atoms with van der Waals surface area (Å²) in [5.41, 5.74) is 7.60. The molecule has 0 fully saturated rings. The Bertz CT molecular complexity index is 653. The fourth-order valence-electron chi connectivity index (χ4n) is 3.58. The molecule has 2 aromatic rings. The van der Waals surface area contributed by atoms with E-state index >= 15 is 0 Å². The Morgan fingerprint density at radius 3 is 2.18 bits per heavy atom. The molecule has 116 valence electrons. The van der Waals surface area contributed by atoms with E-state index in [2.05, 4.69) is 77.1 Å². The second-order valence-electron chi connectivity index (χ2n) is 8.18. The molecule has 3 rings (SSSR count). The predicted molar refractivity (Wildman–Crippen MR) is 96.3 cm³/mol. The van der Waals surface area contributed by atoms with Gasteiger partial charge >= 0.3 is 0 Å². The molecule has 1 unspecified atom stereocenters. The first-order chi connectivity index (χ1) is 10.4. The molecule has 0 spiro atoms. The van der Waals surface area contributed by atoms with Crippen molar-refractivity contribution in [2.24, 2.45) is 11.8 Å². The van der Waals surface area contributed by atoms with Gasteiger partial charge in [-0.15, -0.1) is 0 Å². The highest BCUT2D eigenvalue weighted by atomic mass is 14.3. The average molecular weight is 292 g/mol. The van der Waals surface area contributed by atoms with Crippen LogP contribution in [0.1, 0.15) is 51.3 Å². The van der Waals surface area contributed by atoms with Crippen molar-refractivity contribution in [3.63, 3.8) is 0 Å². The van der Waals surface area contributed by atoms with E-state index in [0.29, 0.717) is 0 Å². The van der Waals surface area contributed by atoms with Gasteiger partial charge in [0, 0.05) is 0 Å². The van der Waals surface area contributed by atoms with Crippen LogP contribution >= 0.6 is 0 Å². The highest BCUT2D eigenvalue weighted by Crippen LogP contribution is 2.38. The van der Waals surface area contributed by atoms with Crippen LogP contribution in [0, 0.1) is 11.8 Å².